The fraction of sp³-hybridized carbons (Fsp3) is 0.462. The highest BCUT2D eigenvalue weighted by Crippen LogP contribution is 2.26. The second-order valence-electron chi connectivity index (χ2n) is 4.16. The van der Waals surface area contributed by atoms with Crippen molar-refractivity contribution in [3.8, 4) is 5.75 Å². The highest BCUT2D eigenvalue weighted by atomic mass is 19.3. The largest absolute Gasteiger partial charge is 0.434 e. The Morgan fingerprint density at radius 2 is 2.05 bits per heavy atom. The molecular weight excluding hydrogens is 254 g/mol. The molecule has 1 rings (SSSR count). The van der Waals surface area contributed by atoms with Crippen LogP contribution in [-0.4, -0.2) is 18.6 Å². The predicted octanol–water partition coefficient (Wildman–Crippen LogP) is 2.20. The zero-order valence-electron chi connectivity index (χ0n) is 10.9. The van der Waals surface area contributed by atoms with Gasteiger partial charge in [-0.3, -0.25) is 4.79 Å². The molecule has 0 heterocycles. The van der Waals surface area contributed by atoms with Gasteiger partial charge in [0.15, 0.2) is 0 Å². The fourth-order valence-electron chi connectivity index (χ4n) is 1.63. The molecule has 0 aliphatic rings. The van der Waals surface area contributed by atoms with Crippen LogP contribution in [0.3, 0.4) is 0 Å². The van der Waals surface area contributed by atoms with Crippen LogP contribution in [0.4, 0.5) is 8.78 Å². The first-order valence-electron chi connectivity index (χ1n) is 6.05. The number of halogens is 2. The number of hydrogen-bond acceptors (Lipinski definition) is 3. The predicted molar refractivity (Wildman–Crippen MR) is 67.9 cm³/mol. The molecule has 0 saturated carbocycles. The number of ether oxygens (including phenoxy) is 1. The Morgan fingerprint density at radius 1 is 1.42 bits per heavy atom. The van der Waals surface area contributed by atoms with Crippen molar-refractivity contribution in [1.82, 2.24) is 5.32 Å². The Kier molecular flexibility index (Phi) is 5.69. The van der Waals surface area contributed by atoms with E-state index in [9.17, 15) is 13.6 Å². The maximum absolute atomic E-state index is 12.3. The third-order valence-electron chi connectivity index (χ3n) is 2.74. The summed E-state index contributed by atoms with van der Waals surface area (Å²) in [6, 6.07) is 5.28. The molecule has 1 aromatic rings. The maximum Gasteiger partial charge on any atom is 0.387 e. The van der Waals surface area contributed by atoms with Gasteiger partial charge in [0.05, 0.1) is 12.1 Å². The topological polar surface area (TPSA) is 64.4 Å². The van der Waals surface area contributed by atoms with Crippen LogP contribution < -0.4 is 15.8 Å². The maximum atomic E-state index is 12.3. The van der Waals surface area contributed by atoms with E-state index in [0.29, 0.717) is 12.0 Å². The molecule has 0 spiro atoms. The number of para-hydroxylation sites is 1. The molecule has 1 amide bonds. The molecule has 19 heavy (non-hydrogen) atoms. The Labute approximate surface area is 110 Å². The molecule has 6 heteroatoms. The highest BCUT2D eigenvalue weighted by molar-refractivity contribution is 5.81. The third kappa shape index (κ3) is 4.48. The van der Waals surface area contributed by atoms with Gasteiger partial charge in [-0.25, -0.2) is 0 Å². The average Bonchev–Trinajstić information content (AvgIpc) is 2.37. The summed E-state index contributed by atoms with van der Waals surface area (Å²) in [5, 5.41) is 2.67. The Balaban J connectivity index is 2.81. The first-order chi connectivity index (χ1) is 8.95. The van der Waals surface area contributed by atoms with Crippen molar-refractivity contribution in [3.63, 3.8) is 0 Å². The van der Waals surface area contributed by atoms with Gasteiger partial charge in [-0.1, -0.05) is 25.1 Å². The third-order valence-corrected chi connectivity index (χ3v) is 2.74. The summed E-state index contributed by atoms with van der Waals surface area (Å²) >= 11 is 0. The van der Waals surface area contributed by atoms with E-state index in [0.717, 1.165) is 0 Å². The zero-order chi connectivity index (χ0) is 14.4. The number of amides is 1. The van der Waals surface area contributed by atoms with E-state index in [1.807, 2.05) is 0 Å². The first kappa shape index (κ1) is 15.4. The zero-order valence-corrected chi connectivity index (χ0v) is 10.9. The van der Waals surface area contributed by atoms with Crippen LogP contribution in [-0.2, 0) is 4.79 Å². The number of nitrogens with one attached hydrogen (secondary N) is 1. The van der Waals surface area contributed by atoms with Crippen molar-refractivity contribution in [2.24, 2.45) is 5.73 Å². The first-order valence-corrected chi connectivity index (χ1v) is 6.05. The van der Waals surface area contributed by atoms with E-state index in [4.69, 9.17) is 5.73 Å². The number of rotatable bonds is 6. The summed E-state index contributed by atoms with van der Waals surface area (Å²) < 4.78 is 29.0. The smallest absolute Gasteiger partial charge is 0.387 e. The normalized spacial score (nSPS) is 14.0. The van der Waals surface area contributed by atoms with Gasteiger partial charge in [-0.2, -0.15) is 8.78 Å². The van der Waals surface area contributed by atoms with Crippen LogP contribution in [0.1, 0.15) is 31.9 Å². The molecule has 1 unspecified atom stereocenters. The molecule has 0 aromatic heterocycles. The quantitative estimate of drug-likeness (QED) is 0.834. The fourth-order valence-corrected chi connectivity index (χ4v) is 1.63. The molecule has 0 bridgehead atoms. The van der Waals surface area contributed by atoms with Crippen molar-refractivity contribution < 1.29 is 18.3 Å². The lowest BCUT2D eigenvalue weighted by atomic mass is 10.1. The van der Waals surface area contributed by atoms with Gasteiger partial charge in [0.1, 0.15) is 5.75 Å². The molecule has 0 radical (unpaired) electrons. The van der Waals surface area contributed by atoms with Gasteiger partial charge in [0.2, 0.25) is 5.91 Å². The Bertz CT molecular complexity index is 427. The van der Waals surface area contributed by atoms with Crippen molar-refractivity contribution in [2.45, 2.75) is 39.0 Å². The van der Waals surface area contributed by atoms with Crippen LogP contribution >= 0.6 is 0 Å². The highest BCUT2D eigenvalue weighted by Gasteiger charge is 2.18. The van der Waals surface area contributed by atoms with Gasteiger partial charge in [-0.15, -0.1) is 0 Å². The summed E-state index contributed by atoms with van der Waals surface area (Å²) in [5.41, 5.74) is 6.08. The average molecular weight is 272 g/mol. The lowest BCUT2D eigenvalue weighted by molar-refractivity contribution is -0.123. The van der Waals surface area contributed by atoms with E-state index in [2.05, 4.69) is 10.1 Å². The number of carbonyl (C=O) groups is 1. The van der Waals surface area contributed by atoms with Crippen molar-refractivity contribution in [3.05, 3.63) is 29.8 Å². The molecule has 0 aliphatic heterocycles. The van der Waals surface area contributed by atoms with E-state index in [-0.39, 0.29) is 11.7 Å². The van der Waals surface area contributed by atoms with Crippen molar-refractivity contribution in [1.29, 1.82) is 0 Å². The van der Waals surface area contributed by atoms with Crippen LogP contribution in [0.25, 0.3) is 0 Å². The van der Waals surface area contributed by atoms with Crippen molar-refractivity contribution >= 4 is 5.91 Å². The van der Waals surface area contributed by atoms with Crippen LogP contribution in [0.2, 0.25) is 0 Å². The van der Waals surface area contributed by atoms with Crippen molar-refractivity contribution in [2.75, 3.05) is 0 Å². The van der Waals surface area contributed by atoms with E-state index in [1.165, 1.54) is 6.07 Å². The second-order valence-corrected chi connectivity index (χ2v) is 4.16. The Morgan fingerprint density at radius 3 is 2.63 bits per heavy atom. The van der Waals surface area contributed by atoms with Crippen LogP contribution in [0.5, 0.6) is 5.75 Å². The SMILES string of the molecule is CC[C@H](N)C(=O)NC(C)c1ccccc1OC(F)F. The van der Waals surface area contributed by atoms with Gasteiger partial charge in [-0.05, 0) is 19.4 Å². The minimum Gasteiger partial charge on any atom is -0.434 e. The molecule has 106 valence electrons. The summed E-state index contributed by atoms with van der Waals surface area (Å²) in [5.74, 6) is -0.266. The second kappa shape index (κ2) is 7.04. The molecule has 2 atom stereocenters. The van der Waals surface area contributed by atoms with Gasteiger partial charge in [0, 0.05) is 5.56 Å². The Hall–Kier alpha value is -1.69. The molecule has 1 aromatic carbocycles. The summed E-state index contributed by atoms with van der Waals surface area (Å²) in [6.45, 7) is 0.582. The summed E-state index contributed by atoms with van der Waals surface area (Å²) in [4.78, 5) is 11.7. The lowest BCUT2D eigenvalue weighted by Crippen LogP contribution is -2.41. The molecule has 4 nitrogen and oxygen atoms in total. The lowest BCUT2D eigenvalue weighted by Gasteiger charge is -2.19. The number of hydrogen-bond donors (Lipinski definition) is 2. The molecule has 0 saturated heterocycles. The van der Waals surface area contributed by atoms with Gasteiger partial charge < -0.3 is 15.8 Å². The molecule has 0 aliphatic carbocycles. The minimum absolute atomic E-state index is 0.0513. The monoisotopic (exact) mass is 272 g/mol. The van der Waals surface area contributed by atoms with Crippen LogP contribution in [0, 0.1) is 0 Å². The summed E-state index contributed by atoms with van der Waals surface area (Å²) in [7, 11) is 0. The molecule has 0 fully saturated rings. The molecule has 3 N–H and O–H groups in total. The number of alkyl halides is 2. The van der Waals surface area contributed by atoms with Gasteiger partial charge in [0.25, 0.3) is 0 Å². The minimum atomic E-state index is -2.90. The summed E-state index contributed by atoms with van der Waals surface area (Å²) in [6.07, 6.45) is 0.508. The standard InChI is InChI=1S/C13H18F2N2O2/c1-3-10(16)12(18)17-8(2)9-6-4-5-7-11(9)19-13(14)15/h4-8,10,13H,3,16H2,1-2H3,(H,17,18)/t8?,10-/m0/s1. The van der Waals surface area contributed by atoms with Gasteiger partial charge >= 0.3 is 6.61 Å². The number of benzene rings is 1. The molecular formula is C13H18F2N2O2. The number of nitrogens with two attached hydrogens (primary N) is 1. The van der Waals surface area contributed by atoms with Crippen LogP contribution in [0.15, 0.2) is 24.3 Å². The van der Waals surface area contributed by atoms with E-state index >= 15 is 0 Å². The van der Waals surface area contributed by atoms with E-state index < -0.39 is 18.7 Å². The number of carbonyl (C=O) groups excluding carboxylic acids is 1. The van der Waals surface area contributed by atoms with E-state index in [1.54, 1.807) is 32.0 Å².